The van der Waals surface area contributed by atoms with Crippen molar-refractivity contribution in [2.24, 2.45) is 0 Å². The molecule has 0 heterocycles. The van der Waals surface area contributed by atoms with Gasteiger partial charge in [-0.3, -0.25) is 0 Å². The molecule has 0 aliphatic rings. The molecule has 0 aromatic carbocycles. The van der Waals surface area contributed by atoms with Crippen LogP contribution in [0.15, 0.2) is 0 Å². The van der Waals surface area contributed by atoms with Crippen molar-refractivity contribution in [2.75, 3.05) is 0 Å². The summed E-state index contributed by atoms with van der Waals surface area (Å²) in [6, 6.07) is 0. The van der Waals surface area contributed by atoms with Gasteiger partial charge in [-0.25, -0.2) is 0 Å². The minimum absolute atomic E-state index is 0. The Kier molecular flexibility index (Phi) is 32.3. The summed E-state index contributed by atoms with van der Waals surface area (Å²) in [5.41, 5.74) is 0. The van der Waals surface area contributed by atoms with E-state index < -0.39 is 6.16 Å². The third-order valence-corrected chi connectivity index (χ3v) is 0. The molecule has 0 aromatic heterocycles. The van der Waals surface area contributed by atoms with Crippen molar-refractivity contribution in [1.29, 1.82) is 0 Å². The van der Waals surface area contributed by atoms with Gasteiger partial charge in [0, 0.05) is 0 Å². The van der Waals surface area contributed by atoms with Crippen LogP contribution in [-0.2, 0) is 12.7 Å². The van der Waals surface area contributed by atoms with Gasteiger partial charge >= 0.3 is 70.8 Å². The van der Waals surface area contributed by atoms with Gasteiger partial charge in [0.05, 0.1) is 0 Å². The molecule has 3 nitrogen and oxygen atoms in total. The van der Waals surface area contributed by atoms with Gasteiger partial charge in [-0.1, -0.05) is 0 Å². The standard InChI is InChI=1S/CH2O3.Ca.2ClH.Ni/c2-1(3)4;;;;/h(H2,2,3,4);;2*1H;/q;+2;;;+2/p-4. The van der Waals surface area contributed by atoms with Gasteiger partial charge in [0.15, 0.2) is 0 Å². The maximum atomic E-state index is 8.33. The molecule has 0 spiro atoms. The van der Waals surface area contributed by atoms with Crippen LogP contribution in [0.4, 0.5) is 4.79 Å². The van der Waals surface area contributed by atoms with E-state index in [1.165, 1.54) is 0 Å². The Morgan fingerprint density at radius 2 is 1.38 bits per heavy atom. The number of rotatable bonds is 0. The predicted molar refractivity (Wildman–Crippen MR) is 22.9 cm³/mol. The molecule has 0 aliphatic heterocycles. The van der Waals surface area contributed by atoms with E-state index in [4.69, 9.17) is 35.4 Å². The Morgan fingerprint density at radius 3 is 1.38 bits per heavy atom. The number of carbonyl (C=O) groups excluding carboxylic acids is 1. The van der Waals surface area contributed by atoms with Gasteiger partial charge in [0.25, 0.3) is 0 Å². The second-order valence-electron chi connectivity index (χ2n) is 0.295. The normalized spacial score (nSPS) is 5.75. The summed E-state index contributed by atoms with van der Waals surface area (Å²) >= 11 is 0.569. The molecule has 0 amide bonds. The van der Waals surface area contributed by atoms with Gasteiger partial charge in [-0.2, -0.15) is 0 Å². The third kappa shape index (κ3) is 129. The van der Waals surface area contributed by atoms with Crippen molar-refractivity contribution in [3.05, 3.63) is 0 Å². The summed E-state index contributed by atoms with van der Waals surface area (Å²) in [6.07, 6.45) is -2.33. The van der Waals surface area contributed by atoms with Crippen LogP contribution >= 0.6 is 20.4 Å². The van der Waals surface area contributed by atoms with Crippen LogP contribution in [0.5, 0.6) is 0 Å². The summed E-state index contributed by atoms with van der Waals surface area (Å²) in [7, 11) is 9.40. The fraction of sp³-hybridized carbons (Fsp3) is 0. The van der Waals surface area contributed by atoms with Crippen molar-refractivity contribution in [1.82, 2.24) is 0 Å². The Morgan fingerprint density at radius 1 is 1.38 bits per heavy atom. The molecule has 0 bridgehead atoms. The number of hydrogen-bond donors (Lipinski definition) is 0. The Hall–Kier alpha value is 1.60. The van der Waals surface area contributed by atoms with E-state index in [0.29, 0.717) is 12.7 Å². The van der Waals surface area contributed by atoms with Gasteiger partial charge in [0.1, 0.15) is 0 Å². The number of carboxylic acid groups (broad SMARTS) is 2. The van der Waals surface area contributed by atoms with Crippen molar-refractivity contribution in [2.45, 2.75) is 0 Å². The van der Waals surface area contributed by atoms with Gasteiger partial charge in [-0.15, -0.1) is 0 Å². The van der Waals surface area contributed by atoms with Crippen molar-refractivity contribution in [3.63, 3.8) is 0 Å². The van der Waals surface area contributed by atoms with Gasteiger partial charge in [-0.05, 0) is 6.16 Å². The van der Waals surface area contributed by atoms with E-state index >= 15 is 0 Å². The molecular weight excluding hydrogens is 230 g/mol. The Labute approximate surface area is 90.7 Å². The monoisotopic (exact) mass is 228 g/mol. The molecule has 48 valence electrons. The molecule has 0 atom stereocenters. The Balaban J connectivity index is -0.0000000575. The van der Waals surface area contributed by atoms with Crippen molar-refractivity contribution in [3.8, 4) is 0 Å². The van der Waals surface area contributed by atoms with E-state index in [1.807, 2.05) is 0 Å². The minimum atomic E-state index is -2.33. The zero-order chi connectivity index (χ0) is 6.28. The first-order valence-corrected chi connectivity index (χ1v) is 3.57. The number of carbonyl (C=O) groups is 1. The molecule has 7 heteroatoms. The summed E-state index contributed by atoms with van der Waals surface area (Å²) in [6.45, 7) is 0. The average molecular weight is 230 g/mol. The molecule has 0 saturated carbocycles. The molecule has 0 saturated heterocycles. The first-order valence-electron chi connectivity index (χ1n) is 0.851. The van der Waals surface area contributed by atoms with Crippen molar-refractivity contribution < 1.29 is 27.7 Å². The predicted octanol–water partition coefficient (Wildman–Crippen LogP) is -1.45. The van der Waals surface area contributed by atoms with Crippen LogP contribution in [0.1, 0.15) is 0 Å². The third-order valence-electron chi connectivity index (χ3n) is 0. The maximum absolute atomic E-state index is 8.33. The summed E-state index contributed by atoms with van der Waals surface area (Å²) in [5, 5.41) is 16.7. The molecular formula is CCaCl2NiO3. The van der Waals surface area contributed by atoms with Gasteiger partial charge < -0.3 is 15.0 Å². The topological polar surface area (TPSA) is 63.2 Å². The summed E-state index contributed by atoms with van der Waals surface area (Å²) in [5.74, 6) is 0. The average Bonchev–Trinajstić information content (AvgIpc) is 1.33. The van der Waals surface area contributed by atoms with Crippen LogP contribution in [0, 0.1) is 0 Å². The molecule has 8 heavy (non-hydrogen) atoms. The van der Waals surface area contributed by atoms with Crippen LogP contribution in [0.2, 0.25) is 0 Å². The van der Waals surface area contributed by atoms with E-state index in [2.05, 4.69) is 0 Å². The first kappa shape index (κ1) is 16.3. The fourth-order valence-corrected chi connectivity index (χ4v) is 0. The molecule has 0 rings (SSSR count). The quantitative estimate of drug-likeness (QED) is 0.478. The number of hydrogen-bond acceptors (Lipinski definition) is 3. The van der Waals surface area contributed by atoms with Crippen molar-refractivity contribution >= 4 is 64.3 Å². The molecule has 0 unspecified atom stereocenters. The summed E-state index contributed by atoms with van der Waals surface area (Å²) < 4.78 is 0. The van der Waals surface area contributed by atoms with Crippen LogP contribution in [-0.4, -0.2) is 43.9 Å². The van der Waals surface area contributed by atoms with E-state index in [0.717, 1.165) is 0 Å². The first-order chi connectivity index (χ1) is 3.15. The molecule has 0 N–H and O–H groups in total. The van der Waals surface area contributed by atoms with E-state index in [-0.39, 0.29) is 37.7 Å². The zero-order valence-electron chi connectivity index (χ0n) is 3.50. The second kappa shape index (κ2) is 15.8. The fourth-order valence-electron chi connectivity index (χ4n) is 0. The second-order valence-corrected chi connectivity index (χ2v) is 1.93. The van der Waals surface area contributed by atoms with Crippen LogP contribution < -0.4 is 10.2 Å². The van der Waals surface area contributed by atoms with Gasteiger partial charge in [0.2, 0.25) is 0 Å². The summed E-state index contributed by atoms with van der Waals surface area (Å²) in [4.78, 5) is 8.33. The van der Waals surface area contributed by atoms with Crippen LogP contribution in [0.25, 0.3) is 0 Å². The van der Waals surface area contributed by atoms with E-state index in [9.17, 15) is 0 Å². The molecule has 0 aromatic rings. The SMILES string of the molecule is O=C([O-])[O-].[Ca+2].[Cl][Ni][Cl]. The zero-order valence-corrected chi connectivity index (χ0v) is 8.21. The molecule has 0 radical (unpaired) electrons. The molecule has 0 fully saturated rings. The molecule has 0 aliphatic carbocycles. The van der Waals surface area contributed by atoms with Crippen LogP contribution in [0.3, 0.4) is 0 Å². The Bertz CT molecular complexity index is 48.5. The van der Waals surface area contributed by atoms with E-state index in [1.54, 1.807) is 0 Å². The number of halogens is 2.